The number of fused-ring (bicyclic) bond motifs is 1. The van der Waals surface area contributed by atoms with Crippen LogP contribution in [0.5, 0.6) is 0 Å². The molecule has 5 N–H and O–H groups in total. The van der Waals surface area contributed by atoms with Crippen LogP contribution in [0.2, 0.25) is 0 Å². The van der Waals surface area contributed by atoms with E-state index in [2.05, 4.69) is 27.0 Å². The van der Waals surface area contributed by atoms with E-state index in [9.17, 15) is 29.5 Å². The van der Waals surface area contributed by atoms with Crippen molar-refractivity contribution in [3.8, 4) is 6.07 Å². The highest BCUT2D eigenvalue weighted by Crippen LogP contribution is 2.25. The number of aromatic amines is 1. The smallest absolute Gasteiger partial charge is 0.326 e. The number of H-pyrrole nitrogens is 1. The number of rotatable bonds is 12. The maximum absolute atomic E-state index is 13.7. The maximum atomic E-state index is 13.7. The Kier molecular flexibility index (Phi) is 11.4. The number of likely N-dealkylation sites (tertiary alicyclic amines) is 1. The Morgan fingerprint density at radius 2 is 1.69 bits per heavy atom. The zero-order valence-electron chi connectivity index (χ0n) is 25.2. The van der Waals surface area contributed by atoms with Crippen molar-refractivity contribution in [1.82, 2.24) is 25.8 Å². The molecule has 1 aliphatic rings. The first kappa shape index (κ1) is 32.4. The summed E-state index contributed by atoms with van der Waals surface area (Å²) in [5.74, 6) is -2.70. The minimum absolute atomic E-state index is 0.0329. The van der Waals surface area contributed by atoms with Gasteiger partial charge in [0.2, 0.25) is 11.8 Å². The van der Waals surface area contributed by atoms with Crippen molar-refractivity contribution >= 4 is 34.7 Å². The molecule has 2 aromatic rings. The van der Waals surface area contributed by atoms with Crippen LogP contribution in [0.15, 0.2) is 24.3 Å². The molecule has 1 fully saturated rings. The van der Waals surface area contributed by atoms with E-state index < -0.39 is 35.9 Å². The molecule has 3 unspecified atom stereocenters. The molecule has 1 aromatic carbocycles. The molecule has 0 aliphatic carbocycles. The van der Waals surface area contributed by atoms with Crippen molar-refractivity contribution in [2.75, 3.05) is 0 Å². The molecule has 0 saturated carbocycles. The largest absolute Gasteiger partial charge is 0.480 e. The van der Waals surface area contributed by atoms with Gasteiger partial charge in [0, 0.05) is 29.4 Å². The third kappa shape index (κ3) is 7.81. The van der Waals surface area contributed by atoms with Gasteiger partial charge < -0.3 is 30.9 Å². The van der Waals surface area contributed by atoms with Gasteiger partial charge in [0.15, 0.2) is 0 Å². The van der Waals surface area contributed by atoms with Gasteiger partial charge in [-0.2, -0.15) is 5.26 Å². The number of nitrogens with zero attached hydrogens (tertiary/aromatic N) is 2. The monoisotopic (exact) mass is 580 g/mol. The fraction of sp³-hybridized carbons (Fsp3) is 0.581. The van der Waals surface area contributed by atoms with Gasteiger partial charge in [-0.25, -0.2) is 9.59 Å². The molecule has 1 aromatic heterocycles. The normalized spacial score (nSPS) is 19.0. The van der Waals surface area contributed by atoms with Crippen LogP contribution in [0.25, 0.3) is 10.9 Å². The standard InChI is InChI=1S/C31H44N6O5/c1-6-7-14-24(30(40)41)34-28(38)25(16-22-21-13-8-9-15-23(21)33-26(22)17-32)35-29(39)27(18(2)3)36-31(42)37-19(4)11-10-12-20(37)5/h8-9,13,15,18-20,24-25,27,33H,6-7,10-12,14,16H2,1-5H3,(H,34,38)(H,35,39)(H,36,42)(H,40,41)/t19-,20+,24?,25?,27?. The summed E-state index contributed by atoms with van der Waals surface area (Å²) in [6.07, 6.45) is 4.34. The Morgan fingerprint density at radius 3 is 2.29 bits per heavy atom. The molecule has 228 valence electrons. The number of para-hydroxylation sites is 1. The average Bonchev–Trinajstić information content (AvgIpc) is 3.30. The molecule has 11 nitrogen and oxygen atoms in total. The van der Waals surface area contributed by atoms with E-state index >= 15 is 0 Å². The van der Waals surface area contributed by atoms with Crippen LogP contribution in [0, 0.1) is 17.2 Å². The predicted molar refractivity (Wildman–Crippen MR) is 160 cm³/mol. The van der Waals surface area contributed by atoms with Gasteiger partial charge in [-0.3, -0.25) is 9.59 Å². The number of aliphatic carboxylic acids is 1. The van der Waals surface area contributed by atoms with Gasteiger partial charge >= 0.3 is 12.0 Å². The zero-order valence-corrected chi connectivity index (χ0v) is 25.2. The van der Waals surface area contributed by atoms with Crippen LogP contribution in [0.3, 0.4) is 0 Å². The number of urea groups is 1. The van der Waals surface area contributed by atoms with E-state index in [1.807, 2.05) is 45.0 Å². The van der Waals surface area contributed by atoms with E-state index in [0.717, 1.165) is 31.1 Å². The number of hydrogen-bond acceptors (Lipinski definition) is 5. The molecule has 0 spiro atoms. The van der Waals surface area contributed by atoms with E-state index in [-0.39, 0.29) is 42.6 Å². The number of aromatic nitrogens is 1. The Balaban J connectivity index is 1.90. The Bertz CT molecular complexity index is 1300. The highest BCUT2D eigenvalue weighted by molar-refractivity contribution is 5.94. The number of amides is 4. The molecule has 0 bridgehead atoms. The molecule has 2 heterocycles. The topological polar surface area (TPSA) is 167 Å². The second-order valence-corrected chi connectivity index (χ2v) is 11.7. The Labute approximate surface area is 247 Å². The molecule has 5 atom stereocenters. The lowest BCUT2D eigenvalue weighted by atomic mass is 9.97. The number of nitrogens with one attached hydrogen (secondary N) is 4. The SMILES string of the molecule is CCCCC(NC(=O)C(Cc1c(C#N)[nH]c2ccccc12)NC(=O)C(NC(=O)N1[C@H](C)CCC[C@@H]1C)C(C)C)C(=O)O. The molecule has 3 rings (SSSR count). The summed E-state index contributed by atoms with van der Waals surface area (Å²) in [6, 6.07) is 5.85. The number of piperidine rings is 1. The lowest BCUT2D eigenvalue weighted by Crippen LogP contribution is -2.60. The van der Waals surface area contributed by atoms with Crippen LogP contribution in [-0.2, 0) is 20.8 Å². The van der Waals surface area contributed by atoms with Gasteiger partial charge in [-0.05, 0) is 57.1 Å². The fourth-order valence-corrected chi connectivity index (χ4v) is 5.68. The number of hydrogen-bond donors (Lipinski definition) is 5. The summed E-state index contributed by atoms with van der Waals surface area (Å²) in [4.78, 5) is 57.3. The average molecular weight is 581 g/mol. The van der Waals surface area contributed by atoms with Gasteiger partial charge in [-0.1, -0.05) is 51.8 Å². The second-order valence-electron chi connectivity index (χ2n) is 11.7. The van der Waals surface area contributed by atoms with Gasteiger partial charge in [0.05, 0.1) is 0 Å². The lowest BCUT2D eigenvalue weighted by molar-refractivity contribution is -0.142. The van der Waals surface area contributed by atoms with Gasteiger partial charge in [-0.15, -0.1) is 0 Å². The minimum Gasteiger partial charge on any atom is -0.480 e. The van der Waals surface area contributed by atoms with Crippen LogP contribution in [0.4, 0.5) is 4.79 Å². The number of carbonyl (C=O) groups is 4. The van der Waals surface area contributed by atoms with Gasteiger partial charge in [0.1, 0.15) is 29.9 Å². The van der Waals surface area contributed by atoms with E-state index in [4.69, 9.17) is 0 Å². The third-order valence-electron chi connectivity index (χ3n) is 8.08. The van der Waals surface area contributed by atoms with E-state index in [0.29, 0.717) is 17.5 Å². The van der Waals surface area contributed by atoms with Gasteiger partial charge in [0.25, 0.3) is 0 Å². The van der Waals surface area contributed by atoms with Crippen molar-refractivity contribution in [2.24, 2.45) is 5.92 Å². The fourth-order valence-electron chi connectivity index (χ4n) is 5.68. The van der Waals surface area contributed by atoms with E-state index in [1.54, 1.807) is 18.7 Å². The predicted octanol–water partition coefficient (Wildman–Crippen LogP) is 3.82. The summed E-state index contributed by atoms with van der Waals surface area (Å²) < 4.78 is 0. The van der Waals surface area contributed by atoms with Crippen LogP contribution in [0.1, 0.15) is 84.4 Å². The molecular weight excluding hydrogens is 536 g/mol. The summed E-state index contributed by atoms with van der Waals surface area (Å²) in [5.41, 5.74) is 1.50. The molecule has 11 heteroatoms. The highest BCUT2D eigenvalue weighted by atomic mass is 16.4. The van der Waals surface area contributed by atoms with Crippen molar-refractivity contribution in [3.63, 3.8) is 0 Å². The summed E-state index contributed by atoms with van der Waals surface area (Å²) in [6.45, 7) is 9.52. The first-order valence-electron chi connectivity index (χ1n) is 14.9. The number of benzene rings is 1. The summed E-state index contributed by atoms with van der Waals surface area (Å²) in [5, 5.41) is 28.5. The Morgan fingerprint density at radius 1 is 1.05 bits per heavy atom. The number of unbranched alkanes of at least 4 members (excludes halogenated alkanes) is 1. The minimum atomic E-state index is -1.20. The van der Waals surface area contributed by atoms with Crippen LogP contribution in [-0.4, -0.2) is 69.0 Å². The quantitative estimate of drug-likeness (QED) is 0.256. The highest BCUT2D eigenvalue weighted by Gasteiger charge is 2.35. The number of nitriles is 1. The number of carbonyl (C=O) groups excluding carboxylic acids is 3. The van der Waals surface area contributed by atoms with Crippen molar-refractivity contribution in [2.45, 2.75) is 110 Å². The molecule has 4 amide bonds. The number of carboxylic acids is 1. The van der Waals surface area contributed by atoms with Crippen LogP contribution < -0.4 is 16.0 Å². The molecule has 1 aliphatic heterocycles. The van der Waals surface area contributed by atoms with Crippen LogP contribution >= 0.6 is 0 Å². The maximum Gasteiger partial charge on any atom is 0.326 e. The van der Waals surface area contributed by atoms with E-state index in [1.165, 1.54) is 0 Å². The van der Waals surface area contributed by atoms with Crippen molar-refractivity contribution in [1.29, 1.82) is 5.26 Å². The first-order valence-corrected chi connectivity index (χ1v) is 14.9. The summed E-state index contributed by atoms with van der Waals surface area (Å²) >= 11 is 0. The number of carboxylic acid groups (broad SMARTS) is 1. The van der Waals surface area contributed by atoms with Crippen molar-refractivity contribution < 1.29 is 24.3 Å². The zero-order chi connectivity index (χ0) is 31.0. The molecule has 0 radical (unpaired) electrons. The Hall–Kier alpha value is -4.07. The third-order valence-corrected chi connectivity index (χ3v) is 8.08. The molecular formula is C31H44N6O5. The lowest BCUT2D eigenvalue weighted by Gasteiger charge is -2.40. The molecule has 42 heavy (non-hydrogen) atoms. The summed E-state index contributed by atoms with van der Waals surface area (Å²) in [7, 11) is 0. The first-order chi connectivity index (χ1) is 20.0. The molecule has 1 saturated heterocycles. The second kappa shape index (κ2) is 14.7. The van der Waals surface area contributed by atoms with Crippen molar-refractivity contribution in [3.05, 3.63) is 35.5 Å².